The fourth-order valence-corrected chi connectivity index (χ4v) is 2.95. The monoisotopic (exact) mass is 360 g/mol. The lowest BCUT2D eigenvalue weighted by atomic mass is 10.0. The number of hydrazone groups is 1. The maximum Gasteiger partial charge on any atom is 0.280 e. The Balaban J connectivity index is 1.72. The molecule has 0 fully saturated rings. The van der Waals surface area contributed by atoms with Gasteiger partial charge in [0.2, 0.25) is 0 Å². The third kappa shape index (κ3) is 3.51. The summed E-state index contributed by atoms with van der Waals surface area (Å²) < 4.78 is 32.3. The summed E-state index contributed by atoms with van der Waals surface area (Å²) in [5.41, 5.74) is 3.51. The number of carbonyl (C=O) groups is 1. The molecule has 1 aliphatic carbocycles. The second-order valence-corrected chi connectivity index (χ2v) is 6.21. The first-order chi connectivity index (χ1) is 12.4. The van der Waals surface area contributed by atoms with Gasteiger partial charge in [-0.15, -0.1) is 0 Å². The number of aromatic hydroxyl groups is 1. The van der Waals surface area contributed by atoms with Crippen LogP contribution in [0, 0.1) is 11.6 Å². The van der Waals surface area contributed by atoms with E-state index in [1.165, 1.54) is 43.3 Å². The first-order valence-corrected chi connectivity index (χ1v) is 8.17. The second kappa shape index (κ2) is 7.11. The number of benzene rings is 2. The van der Waals surface area contributed by atoms with Crippen molar-refractivity contribution in [2.45, 2.75) is 32.3 Å². The van der Waals surface area contributed by atoms with Crippen molar-refractivity contribution in [3.63, 3.8) is 0 Å². The lowest BCUT2D eigenvalue weighted by Crippen LogP contribution is -2.34. The van der Waals surface area contributed by atoms with E-state index < -0.39 is 23.6 Å². The highest BCUT2D eigenvalue weighted by atomic mass is 19.1. The Morgan fingerprint density at radius 2 is 1.96 bits per heavy atom. The topological polar surface area (TPSA) is 70.9 Å². The van der Waals surface area contributed by atoms with E-state index in [9.17, 15) is 18.7 Å². The van der Waals surface area contributed by atoms with Crippen LogP contribution in [0.25, 0.3) is 0 Å². The molecule has 0 saturated carbocycles. The molecule has 5 nitrogen and oxygen atoms in total. The van der Waals surface area contributed by atoms with Crippen molar-refractivity contribution in [1.29, 1.82) is 0 Å². The van der Waals surface area contributed by atoms with Gasteiger partial charge in [0.1, 0.15) is 23.1 Å². The lowest BCUT2D eigenvalue weighted by molar-refractivity contribution is -0.127. The number of nitrogens with zero attached hydrogens (tertiary/aromatic N) is 1. The molecule has 0 aromatic heterocycles. The third-order valence-corrected chi connectivity index (χ3v) is 4.25. The maximum absolute atomic E-state index is 14.0. The smallest absolute Gasteiger partial charge is 0.280 e. The van der Waals surface area contributed by atoms with Gasteiger partial charge in [0.25, 0.3) is 5.91 Å². The first-order valence-electron chi connectivity index (χ1n) is 8.17. The van der Waals surface area contributed by atoms with Gasteiger partial charge in [-0.1, -0.05) is 6.92 Å². The molecule has 2 atom stereocenters. The Kier molecular flexibility index (Phi) is 4.88. The van der Waals surface area contributed by atoms with Crippen molar-refractivity contribution >= 4 is 11.6 Å². The fraction of sp³-hybridized carbons (Fsp3) is 0.263. The summed E-state index contributed by atoms with van der Waals surface area (Å²) >= 11 is 0. The summed E-state index contributed by atoms with van der Waals surface area (Å²) in [5.74, 6) is -1.20. The molecule has 0 aliphatic heterocycles. The Morgan fingerprint density at radius 3 is 2.65 bits per heavy atom. The van der Waals surface area contributed by atoms with Crippen LogP contribution in [0.5, 0.6) is 11.5 Å². The average Bonchev–Trinajstić information content (AvgIpc) is 2.95. The van der Waals surface area contributed by atoms with Crippen LogP contribution in [0.2, 0.25) is 0 Å². The maximum atomic E-state index is 14.0. The molecule has 2 N–H and O–H groups in total. The molecular formula is C19H18F2N2O3. The Morgan fingerprint density at radius 1 is 1.27 bits per heavy atom. The van der Waals surface area contributed by atoms with E-state index >= 15 is 0 Å². The molecule has 0 bridgehead atoms. The highest BCUT2D eigenvalue weighted by molar-refractivity contribution is 6.07. The number of hydrogen-bond donors (Lipinski definition) is 2. The van der Waals surface area contributed by atoms with Crippen LogP contribution in [0.4, 0.5) is 8.78 Å². The molecule has 0 radical (unpaired) electrons. The van der Waals surface area contributed by atoms with E-state index in [-0.39, 0.29) is 11.7 Å². The van der Waals surface area contributed by atoms with Crippen molar-refractivity contribution in [3.05, 3.63) is 59.2 Å². The molecule has 7 heteroatoms. The van der Waals surface area contributed by atoms with E-state index in [0.717, 1.165) is 0 Å². The van der Waals surface area contributed by atoms with Crippen molar-refractivity contribution in [1.82, 2.24) is 5.43 Å². The number of ether oxygens (including phenoxy) is 1. The highest BCUT2D eigenvalue weighted by Gasteiger charge is 2.31. The third-order valence-electron chi connectivity index (χ3n) is 4.25. The number of rotatable bonds is 4. The minimum absolute atomic E-state index is 0.0747. The van der Waals surface area contributed by atoms with Gasteiger partial charge in [-0.25, -0.2) is 14.2 Å². The largest absolute Gasteiger partial charge is 0.507 e. The number of carbonyl (C=O) groups excluding carboxylic acids is 1. The van der Waals surface area contributed by atoms with Crippen LogP contribution in [0.1, 0.15) is 37.3 Å². The van der Waals surface area contributed by atoms with Crippen LogP contribution in [-0.4, -0.2) is 22.8 Å². The zero-order valence-electron chi connectivity index (χ0n) is 14.3. The van der Waals surface area contributed by atoms with Crippen molar-refractivity contribution in [2.75, 3.05) is 0 Å². The van der Waals surface area contributed by atoms with E-state index in [1.54, 1.807) is 0 Å². The minimum atomic E-state index is -0.871. The number of phenols is 1. The van der Waals surface area contributed by atoms with Gasteiger partial charge < -0.3 is 9.84 Å². The van der Waals surface area contributed by atoms with Crippen molar-refractivity contribution in [2.24, 2.45) is 5.10 Å². The molecule has 0 unspecified atom stereocenters. The zero-order chi connectivity index (χ0) is 18.8. The van der Waals surface area contributed by atoms with E-state index in [0.29, 0.717) is 29.0 Å². The molecule has 0 spiro atoms. The average molecular weight is 360 g/mol. The van der Waals surface area contributed by atoms with Gasteiger partial charge in [0.15, 0.2) is 6.10 Å². The van der Waals surface area contributed by atoms with Gasteiger partial charge >= 0.3 is 0 Å². The standard InChI is InChI=1S/C19H18F2N2O3/c1-10-9-15(18-16(24)8-7-14(21)17(10)18)22-23-19(25)11(2)26-13-5-3-12(20)4-6-13/h3-8,10-11,24H,9H2,1-2H3,(H,23,25)/b22-15+/t10-,11+/m1/s1. The van der Waals surface area contributed by atoms with Crippen LogP contribution in [0.15, 0.2) is 41.5 Å². The number of phenolic OH excluding ortho intramolecular Hbond substituents is 1. The number of hydrogen-bond acceptors (Lipinski definition) is 4. The summed E-state index contributed by atoms with van der Waals surface area (Å²) in [5, 5.41) is 14.1. The van der Waals surface area contributed by atoms with Crippen LogP contribution < -0.4 is 10.2 Å². The van der Waals surface area contributed by atoms with Crippen LogP contribution in [0.3, 0.4) is 0 Å². The molecule has 2 aromatic carbocycles. The lowest BCUT2D eigenvalue weighted by Gasteiger charge is -2.13. The molecule has 1 amide bonds. The van der Waals surface area contributed by atoms with Crippen molar-refractivity contribution < 1.29 is 23.4 Å². The van der Waals surface area contributed by atoms with Gasteiger partial charge in [0.05, 0.1) is 5.71 Å². The molecule has 3 rings (SSSR count). The number of amides is 1. The SMILES string of the molecule is C[C@H](Oc1ccc(F)cc1)C(=O)N/N=C1\C[C@@H](C)c2c(F)ccc(O)c21. The minimum Gasteiger partial charge on any atom is -0.507 e. The summed E-state index contributed by atoms with van der Waals surface area (Å²) in [4.78, 5) is 12.2. The Bertz CT molecular complexity index is 866. The van der Waals surface area contributed by atoms with Gasteiger partial charge in [-0.2, -0.15) is 5.10 Å². The van der Waals surface area contributed by atoms with E-state index in [1.807, 2.05) is 6.92 Å². The predicted molar refractivity (Wildman–Crippen MR) is 92.3 cm³/mol. The van der Waals surface area contributed by atoms with Crippen LogP contribution in [-0.2, 0) is 4.79 Å². The first kappa shape index (κ1) is 17.8. The predicted octanol–water partition coefficient (Wildman–Crippen LogP) is 3.47. The quantitative estimate of drug-likeness (QED) is 0.821. The number of fused-ring (bicyclic) bond motifs is 1. The summed E-state index contributed by atoms with van der Waals surface area (Å²) in [6.45, 7) is 3.35. The number of halogens is 2. The molecule has 136 valence electrons. The highest BCUT2D eigenvalue weighted by Crippen LogP contribution is 2.39. The molecule has 2 aromatic rings. The molecule has 26 heavy (non-hydrogen) atoms. The van der Waals surface area contributed by atoms with Crippen molar-refractivity contribution in [3.8, 4) is 11.5 Å². The molecule has 0 heterocycles. The number of nitrogens with one attached hydrogen (secondary N) is 1. The summed E-state index contributed by atoms with van der Waals surface area (Å²) in [7, 11) is 0. The molecule has 1 aliphatic rings. The Hall–Kier alpha value is -2.96. The van der Waals surface area contributed by atoms with Gasteiger partial charge in [-0.3, -0.25) is 4.79 Å². The van der Waals surface area contributed by atoms with Gasteiger partial charge in [0, 0.05) is 11.1 Å². The Labute approximate surface area is 149 Å². The zero-order valence-corrected chi connectivity index (χ0v) is 14.3. The van der Waals surface area contributed by atoms with Gasteiger partial charge in [-0.05, 0) is 55.7 Å². The van der Waals surface area contributed by atoms with E-state index in [2.05, 4.69) is 10.5 Å². The van der Waals surface area contributed by atoms with Crippen LogP contribution >= 0.6 is 0 Å². The normalized spacial score (nSPS) is 18.5. The fourth-order valence-electron chi connectivity index (χ4n) is 2.95. The summed E-state index contributed by atoms with van der Waals surface area (Å²) in [6.07, 6.45) is -0.471. The molecule has 0 saturated heterocycles. The van der Waals surface area contributed by atoms with E-state index in [4.69, 9.17) is 4.74 Å². The molecular weight excluding hydrogens is 342 g/mol. The second-order valence-electron chi connectivity index (χ2n) is 6.21. The summed E-state index contributed by atoms with van der Waals surface area (Å²) in [6, 6.07) is 7.78.